The van der Waals surface area contributed by atoms with Gasteiger partial charge in [-0.2, -0.15) is 0 Å². The molecule has 0 unspecified atom stereocenters. The Morgan fingerprint density at radius 3 is 2.22 bits per heavy atom. The SMILES string of the molecule is CC(C)CC1CCC(NC(=O)OC(C)(C)C)CC1. The van der Waals surface area contributed by atoms with Crippen LogP contribution in [0.25, 0.3) is 0 Å². The number of alkyl carbamates (subject to hydrolysis) is 1. The number of carbonyl (C=O) groups excluding carboxylic acids is 1. The van der Waals surface area contributed by atoms with E-state index in [9.17, 15) is 4.79 Å². The summed E-state index contributed by atoms with van der Waals surface area (Å²) in [7, 11) is 0. The number of rotatable bonds is 3. The molecule has 1 saturated carbocycles. The van der Waals surface area contributed by atoms with Crippen molar-refractivity contribution in [2.75, 3.05) is 0 Å². The van der Waals surface area contributed by atoms with Gasteiger partial charge in [-0.1, -0.05) is 13.8 Å². The van der Waals surface area contributed by atoms with Crippen molar-refractivity contribution in [3.63, 3.8) is 0 Å². The van der Waals surface area contributed by atoms with E-state index in [2.05, 4.69) is 19.2 Å². The molecule has 0 aliphatic heterocycles. The lowest BCUT2D eigenvalue weighted by molar-refractivity contribution is 0.0485. The fourth-order valence-corrected chi connectivity index (χ4v) is 2.68. The van der Waals surface area contributed by atoms with Crippen molar-refractivity contribution in [2.24, 2.45) is 11.8 Å². The van der Waals surface area contributed by atoms with Gasteiger partial charge in [-0.25, -0.2) is 4.79 Å². The summed E-state index contributed by atoms with van der Waals surface area (Å²) < 4.78 is 5.28. The second kappa shape index (κ2) is 6.44. The van der Waals surface area contributed by atoms with E-state index in [0.29, 0.717) is 6.04 Å². The van der Waals surface area contributed by atoms with E-state index in [1.54, 1.807) is 0 Å². The Morgan fingerprint density at radius 2 is 1.78 bits per heavy atom. The van der Waals surface area contributed by atoms with Crippen LogP contribution in [-0.4, -0.2) is 17.7 Å². The first-order valence-electron chi connectivity index (χ1n) is 7.26. The maximum atomic E-state index is 11.7. The molecule has 0 bridgehead atoms. The Kier molecular flexibility index (Phi) is 5.48. The van der Waals surface area contributed by atoms with Gasteiger partial charge in [0.2, 0.25) is 0 Å². The molecule has 1 amide bonds. The Balaban J connectivity index is 2.25. The molecule has 3 nitrogen and oxygen atoms in total. The molecule has 0 aromatic heterocycles. The Bertz CT molecular complexity index is 260. The number of nitrogens with one attached hydrogen (secondary N) is 1. The van der Waals surface area contributed by atoms with Gasteiger partial charge in [0.15, 0.2) is 0 Å². The third-order valence-electron chi connectivity index (χ3n) is 3.37. The zero-order valence-corrected chi connectivity index (χ0v) is 12.6. The standard InChI is InChI=1S/C15H29NO2/c1-11(2)10-12-6-8-13(9-7-12)16-14(17)18-15(3,4)5/h11-13H,6-10H2,1-5H3,(H,16,17). The minimum absolute atomic E-state index is 0.269. The molecule has 18 heavy (non-hydrogen) atoms. The fourth-order valence-electron chi connectivity index (χ4n) is 2.68. The monoisotopic (exact) mass is 255 g/mol. The summed E-state index contributed by atoms with van der Waals surface area (Å²) in [5.41, 5.74) is -0.404. The first-order chi connectivity index (χ1) is 8.26. The first kappa shape index (κ1) is 15.3. The average molecular weight is 255 g/mol. The third-order valence-corrected chi connectivity index (χ3v) is 3.37. The Hall–Kier alpha value is -0.730. The number of ether oxygens (including phenoxy) is 1. The maximum Gasteiger partial charge on any atom is 0.407 e. The minimum atomic E-state index is -0.404. The van der Waals surface area contributed by atoms with Gasteiger partial charge in [-0.05, 0) is 64.7 Å². The molecule has 0 aromatic rings. The topological polar surface area (TPSA) is 38.3 Å². The van der Waals surface area contributed by atoms with Crippen LogP contribution in [0.15, 0.2) is 0 Å². The maximum absolute atomic E-state index is 11.7. The van der Waals surface area contributed by atoms with Crippen LogP contribution in [0, 0.1) is 11.8 Å². The Morgan fingerprint density at radius 1 is 1.22 bits per heavy atom. The van der Waals surface area contributed by atoms with Crippen LogP contribution < -0.4 is 5.32 Å². The minimum Gasteiger partial charge on any atom is -0.444 e. The highest BCUT2D eigenvalue weighted by atomic mass is 16.6. The predicted octanol–water partition coefficient (Wildman–Crippen LogP) is 4.12. The molecular weight excluding hydrogens is 226 g/mol. The van der Waals surface area contributed by atoms with Gasteiger partial charge in [-0.15, -0.1) is 0 Å². The second-order valence-corrected chi connectivity index (χ2v) is 6.99. The average Bonchev–Trinajstić information content (AvgIpc) is 2.17. The molecule has 3 heteroatoms. The second-order valence-electron chi connectivity index (χ2n) is 6.99. The normalized spacial score (nSPS) is 25.0. The van der Waals surface area contributed by atoms with Gasteiger partial charge >= 0.3 is 6.09 Å². The van der Waals surface area contributed by atoms with E-state index in [-0.39, 0.29) is 6.09 Å². The third kappa shape index (κ3) is 6.27. The van der Waals surface area contributed by atoms with Gasteiger partial charge in [0.05, 0.1) is 0 Å². The number of hydrogen-bond donors (Lipinski definition) is 1. The highest BCUT2D eigenvalue weighted by Gasteiger charge is 2.24. The molecule has 1 N–H and O–H groups in total. The van der Waals surface area contributed by atoms with Crippen molar-refractivity contribution in [3.8, 4) is 0 Å². The summed E-state index contributed by atoms with van der Waals surface area (Å²) in [5.74, 6) is 1.63. The molecule has 0 aromatic carbocycles. The van der Waals surface area contributed by atoms with Gasteiger partial charge < -0.3 is 10.1 Å². The first-order valence-corrected chi connectivity index (χ1v) is 7.26. The highest BCUT2D eigenvalue weighted by Crippen LogP contribution is 2.29. The summed E-state index contributed by atoms with van der Waals surface area (Å²) in [5, 5.41) is 2.99. The molecular formula is C15H29NO2. The van der Waals surface area contributed by atoms with E-state index in [0.717, 1.165) is 24.7 Å². The summed E-state index contributed by atoms with van der Waals surface area (Å²) in [6.45, 7) is 10.3. The van der Waals surface area contributed by atoms with E-state index < -0.39 is 5.60 Å². The highest BCUT2D eigenvalue weighted by molar-refractivity contribution is 5.68. The van der Waals surface area contributed by atoms with Crippen molar-refractivity contribution < 1.29 is 9.53 Å². The zero-order chi connectivity index (χ0) is 13.8. The van der Waals surface area contributed by atoms with Crippen LogP contribution in [0.2, 0.25) is 0 Å². The lowest BCUT2D eigenvalue weighted by Gasteiger charge is -2.30. The predicted molar refractivity (Wildman–Crippen MR) is 74.6 cm³/mol. The lowest BCUT2D eigenvalue weighted by atomic mass is 9.81. The van der Waals surface area contributed by atoms with Gasteiger partial charge in [0.1, 0.15) is 5.60 Å². The van der Waals surface area contributed by atoms with Crippen LogP contribution in [-0.2, 0) is 4.74 Å². The van der Waals surface area contributed by atoms with E-state index in [4.69, 9.17) is 4.74 Å². The smallest absolute Gasteiger partial charge is 0.407 e. The van der Waals surface area contributed by atoms with Crippen LogP contribution in [0.4, 0.5) is 4.79 Å². The van der Waals surface area contributed by atoms with Crippen LogP contribution in [0.5, 0.6) is 0 Å². The van der Waals surface area contributed by atoms with Gasteiger partial charge in [0, 0.05) is 6.04 Å². The quantitative estimate of drug-likeness (QED) is 0.824. The molecule has 1 fully saturated rings. The molecule has 1 aliphatic carbocycles. The molecule has 0 saturated heterocycles. The van der Waals surface area contributed by atoms with Crippen molar-refractivity contribution in [3.05, 3.63) is 0 Å². The number of hydrogen-bond acceptors (Lipinski definition) is 2. The van der Waals surface area contributed by atoms with Crippen LogP contribution >= 0.6 is 0 Å². The van der Waals surface area contributed by atoms with E-state index in [1.807, 2.05) is 20.8 Å². The molecule has 0 atom stereocenters. The van der Waals surface area contributed by atoms with Gasteiger partial charge in [-0.3, -0.25) is 0 Å². The summed E-state index contributed by atoms with van der Waals surface area (Å²) in [6, 6.07) is 0.309. The van der Waals surface area contributed by atoms with E-state index >= 15 is 0 Å². The molecule has 1 aliphatic rings. The van der Waals surface area contributed by atoms with Crippen molar-refractivity contribution in [1.82, 2.24) is 5.32 Å². The van der Waals surface area contributed by atoms with Crippen molar-refractivity contribution in [2.45, 2.75) is 78.4 Å². The summed E-state index contributed by atoms with van der Waals surface area (Å²) >= 11 is 0. The van der Waals surface area contributed by atoms with Crippen molar-refractivity contribution in [1.29, 1.82) is 0 Å². The molecule has 1 rings (SSSR count). The van der Waals surface area contributed by atoms with Gasteiger partial charge in [0.25, 0.3) is 0 Å². The van der Waals surface area contributed by atoms with E-state index in [1.165, 1.54) is 19.3 Å². The Labute approximate surface area is 112 Å². The lowest BCUT2D eigenvalue weighted by Crippen LogP contribution is -2.41. The largest absolute Gasteiger partial charge is 0.444 e. The fraction of sp³-hybridized carbons (Fsp3) is 0.933. The van der Waals surface area contributed by atoms with Crippen LogP contribution in [0.1, 0.15) is 66.7 Å². The zero-order valence-electron chi connectivity index (χ0n) is 12.6. The van der Waals surface area contributed by atoms with Crippen molar-refractivity contribution >= 4 is 6.09 Å². The molecule has 0 heterocycles. The van der Waals surface area contributed by atoms with Crippen LogP contribution in [0.3, 0.4) is 0 Å². The molecule has 0 radical (unpaired) electrons. The molecule has 106 valence electrons. The number of carbonyl (C=O) groups is 1. The summed E-state index contributed by atoms with van der Waals surface area (Å²) in [4.78, 5) is 11.7. The summed E-state index contributed by atoms with van der Waals surface area (Å²) in [6.07, 6.45) is 5.71. The number of amides is 1. The molecule has 0 spiro atoms.